The van der Waals surface area contributed by atoms with E-state index in [1.165, 1.54) is 0 Å². The molecule has 104 valence electrons. The number of hydrogen-bond acceptors (Lipinski definition) is 5. The summed E-state index contributed by atoms with van der Waals surface area (Å²) in [5.41, 5.74) is 0.683. The van der Waals surface area contributed by atoms with Crippen molar-refractivity contribution in [3.63, 3.8) is 0 Å². The van der Waals surface area contributed by atoms with Crippen LogP contribution in [0.5, 0.6) is 5.75 Å². The first-order valence-electron chi connectivity index (χ1n) is 5.31. The second kappa shape index (κ2) is 5.89. The molecule has 0 amide bonds. The van der Waals surface area contributed by atoms with Crippen LogP contribution in [0.25, 0.3) is 10.4 Å². The van der Waals surface area contributed by atoms with Gasteiger partial charge in [0.15, 0.2) is 17.2 Å². The van der Waals surface area contributed by atoms with Gasteiger partial charge in [0.2, 0.25) is 0 Å². The van der Waals surface area contributed by atoms with E-state index in [1.807, 2.05) is 0 Å². The van der Waals surface area contributed by atoms with Gasteiger partial charge in [-0.2, -0.15) is 0 Å². The van der Waals surface area contributed by atoms with Gasteiger partial charge in [0.05, 0.1) is 4.88 Å². The van der Waals surface area contributed by atoms with E-state index < -0.39 is 18.5 Å². The van der Waals surface area contributed by atoms with Crippen molar-refractivity contribution in [3.8, 4) is 16.2 Å². The summed E-state index contributed by atoms with van der Waals surface area (Å²) in [6, 6.07) is 3.34. The normalized spacial score (nSPS) is 10.2. The van der Waals surface area contributed by atoms with Gasteiger partial charge in [0, 0.05) is 12.4 Å². The number of carboxylic acid groups (broad SMARTS) is 2. The third-order valence-corrected chi connectivity index (χ3v) is 3.97. The lowest BCUT2D eigenvalue weighted by molar-refractivity contribution is -0.139. The number of aliphatic carboxylic acids is 1. The quantitative estimate of drug-likeness (QED) is 0.880. The van der Waals surface area contributed by atoms with Crippen LogP contribution in [0.3, 0.4) is 0 Å². The van der Waals surface area contributed by atoms with Crippen molar-refractivity contribution in [2.75, 3.05) is 6.61 Å². The molecule has 0 radical (unpaired) electrons. The number of halogens is 1. The molecule has 0 fully saturated rings. The van der Waals surface area contributed by atoms with Crippen LogP contribution in [0.15, 0.2) is 24.5 Å². The maximum absolute atomic E-state index is 11.2. The molecule has 0 spiro atoms. The predicted octanol–water partition coefficient (Wildman–Crippen LogP) is 2.63. The maximum atomic E-state index is 11.2. The zero-order valence-corrected chi connectivity index (χ0v) is 11.4. The molecule has 0 aliphatic rings. The van der Waals surface area contributed by atoms with Crippen molar-refractivity contribution in [1.29, 1.82) is 0 Å². The van der Waals surface area contributed by atoms with E-state index in [-0.39, 0.29) is 15.6 Å². The van der Waals surface area contributed by atoms with Crippen molar-refractivity contribution in [1.82, 2.24) is 4.98 Å². The van der Waals surface area contributed by atoms with E-state index in [4.69, 9.17) is 26.6 Å². The Morgan fingerprint density at radius 2 is 1.95 bits per heavy atom. The molecule has 2 N–H and O–H groups in total. The largest absolute Gasteiger partial charge is 0.479 e. The number of rotatable bonds is 5. The van der Waals surface area contributed by atoms with Crippen LogP contribution < -0.4 is 4.74 Å². The Morgan fingerprint density at radius 1 is 1.30 bits per heavy atom. The SMILES string of the molecule is O=C(O)COc1c(C(=O)O)sc(-c2ccncc2)c1Cl. The topological polar surface area (TPSA) is 96.7 Å². The Labute approximate surface area is 122 Å². The van der Waals surface area contributed by atoms with Gasteiger partial charge in [0.25, 0.3) is 0 Å². The molecule has 2 aromatic heterocycles. The van der Waals surface area contributed by atoms with Crippen LogP contribution in [0.4, 0.5) is 0 Å². The summed E-state index contributed by atoms with van der Waals surface area (Å²) in [4.78, 5) is 25.9. The maximum Gasteiger partial charge on any atom is 0.349 e. The van der Waals surface area contributed by atoms with Gasteiger partial charge in [-0.15, -0.1) is 11.3 Å². The molecule has 0 aliphatic carbocycles. The highest BCUT2D eigenvalue weighted by Crippen LogP contribution is 2.45. The molecule has 20 heavy (non-hydrogen) atoms. The number of aromatic carboxylic acids is 1. The number of nitrogens with zero attached hydrogens (tertiary/aromatic N) is 1. The van der Waals surface area contributed by atoms with Crippen LogP contribution in [-0.2, 0) is 4.79 Å². The Hall–Kier alpha value is -2.12. The van der Waals surface area contributed by atoms with Crippen molar-refractivity contribution >= 4 is 34.9 Å². The van der Waals surface area contributed by atoms with Crippen molar-refractivity contribution < 1.29 is 24.5 Å². The second-order valence-corrected chi connectivity index (χ2v) is 5.03. The number of thiophene rings is 1. The number of hydrogen-bond donors (Lipinski definition) is 2. The first kappa shape index (κ1) is 14.3. The molecule has 0 saturated carbocycles. The Bertz CT molecular complexity index is 655. The first-order chi connectivity index (χ1) is 9.50. The molecular formula is C12H8ClNO5S. The highest BCUT2D eigenvalue weighted by molar-refractivity contribution is 7.18. The minimum Gasteiger partial charge on any atom is -0.479 e. The fraction of sp³-hybridized carbons (Fsp3) is 0.0833. The third kappa shape index (κ3) is 2.89. The molecule has 0 atom stereocenters. The van der Waals surface area contributed by atoms with Crippen LogP contribution in [0, 0.1) is 0 Å². The fourth-order valence-electron chi connectivity index (χ4n) is 1.49. The van der Waals surface area contributed by atoms with Gasteiger partial charge in [-0.05, 0) is 17.7 Å². The van der Waals surface area contributed by atoms with Gasteiger partial charge in [-0.3, -0.25) is 4.98 Å². The summed E-state index contributed by atoms with van der Waals surface area (Å²) >= 11 is 7.02. The van der Waals surface area contributed by atoms with Crippen LogP contribution in [-0.4, -0.2) is 33.7 Å². The molecular weight excluding hydrogens is 306 g/mol. The summed E-state index contributed by atoms with van der Waals surface area (Å²) in [5.74, 6) is -2.56. The molecule has 2 rings (SSSR count). The van der Waals surface area contributed by atoms with E-state index in [2.05, 4.69) is 4.98 Å². The van der Waals surface area contributed by atoms with Crippen molar-refractivity contribution in [3.05, 3.63) is 34.4 Å². The standard InChI is InChI=1S/C12H8ClNO5S/c13-8-9(19-5-7(15)16)11(12(17)18)20-10(8)6-1-3-14-4-2-6/h1-4H,5H2,(H,15,16)(H,17,18). The zero-order valence-electron chi connectivity index (χ0n) is 9.87. The molecule has 0 aromatic carbocycles. The summed E-state index contributed by atoms with van der Waals surface area (Å²) in [6.07, 6.45) is 3.09. The van der Waals surface area contributed by atoms with Gasteiger partial charge >= 0.3 is 11.9 Å². The molecule has 2 heterocycles. The van der Waals surface area contributed by atoms with Crippen molar-refractivity contribution in [2.45, 2.75) is 0 Å². The van der Waals surface area contributed by atoms with Crippen molar-refractivity contribution in [2.24, 2.45) is 0 Å². The lowest BCUT2D eigenvalue weighted by Gasteiger charge is -2.03. The van der Waals surface area contributed by atoms with Gasteiger partial charge < -0.3 is 14.9 Å². The van der Waals surface area contributed by atoms with E-state index in [0.717, 1.165) is 11.3 Å². The Kier molecular flexibility index (Phi) is 4.21. The van der Waals surface area contributed by atoms with E-state index in [0.29, 0.717) is 10.4 Å². The summed E-state index contributed by atoms with van der Waals surface area (Å²) < 4.78 is 4.98. The Morgan fingerprint density at radius 3 is 2.50 bits per heavy atom. The van der Waals surface area contributed by atoms with Gasteiger partial charge in [-0.25, -0.2) is 9.59 Å². The lowest BCUT2D eigenvalue weighted by atomic mass is 10.2. The molecule has 8 heteroatoms. The molecule has 0 bridgehead atoms. The van der Waals surface area contributed by atoms with Gasteiger partial charge in [-0.1, -0.05) is 11.6 Å². The summed E-state index contributed by atoms with van der Waals surface area (Å²) in [6.45, 7) is -0.660. The van der Waals surface area contributed by atoms with E-state index in [1.54, 1.807) is 24.5 Å². The monoisotopic (exact) mass is 313 g/mol. The fourth-order valence-corrected chi connectivity index (χ4v) is 2.90. The molecule has 2 aromatic rings. The number of pyridine rings is 1. The average molecular weight is 314 g/mol. The van der Waals surface area contributed by atoms with Crippen LogP contribution >= 0.6 is 22.9 Å². The zero-order chi connectivity index (χ0) is 14.7. The minimum absolute atomic E-state index is 0.0832. The number of ether oxygens (including phenoxy) is 1. The minimum atomic E-state index is -1.22. The average Bonchev–Trinajstić information content (AvgIpc) is 2.75. The second-order valence-electron chi connectivity index (χ2n) is 3.63. The number of carbonyl (C=O) groups is 2. The van der Waals surface area contributed by atoms with Crippen LogP contribution in [0.2, 0.25) is 5.02 Å². The summed E-state index contributed by atoms with van der Waals surface area (Å²) in [7, 11) is 0. The highest BCUT2D eigenvalue weighted by Gasteiger charge is 2.24. The first-order valence-corrected chi connectivity index (χ1v) is 6.50. The van der Waals surface area contributed by atoms with E-state index in [9.17, 15) is 9.59 Å². The smallest absolute Gasteiger partial charge is 0.349 e. The molecule has 0 unspecified atom stereocenters. The number of carboxylic acids is 2. The summed E-state index contributed by atoms with van der Waals surface area (Å²) in [5, 5.41) is 17.8. The highest BCUT2D eigenvalue weighted by atomic mass is 35.5. The lowest BCUT2D eigenvalue weighted by Crippen LogP contribution is -2.10. The molecule has 6 nitrogen and oxygen atoms in total. The Balaban J connectivity index is 2.48. The predicted molar refractivity (Wildman–Crippen MR) is 72.7 cm³/mol. The third-order valence-electron chi connectivity index (χ3n) is 2.29. The van der Waals surface area contributed by atoms with Crippen LogP contribution in [0.1, 0.15) is 9.67 Å². The molecule has 0 saturated heterocycles. The number of aromatic nitrogens is 1. The van der Waals surface area contributed by atoms with E-state index >= 15 is 0 Å². The van der Waals surface area contributed by atoms with Gasteiger partial charge in [0.1, 0.15) is 5.02 Å². The molecule has 0 aliphatic heterocycles.